The second kappa shape index (κ2) is 7.36. The lowest BCUT2D eigenvalue weighted by Gasteiger charge is -2.58. The molecule has 11 unspecified atom stereocenters. The number of allylic oxidation sites excluding steroid dienone is 1. The predicted molar refractivity (Wildman–Crippen MR) is 126 cm³/mol. The Morgan fingerprint density at radius 1 is 0.933 bits per heavy atom. The minimum absolute atomic E-state index is 0.0776. The number of rotatable bonds is 4. The van der Waals surface area contributed by atoms with Crippen molar-refractivity contribution in [1.29, 1.82) is 0 Å². The van der Waals surface area contributed by atoms with Crippen LogP contribution < -0.4 is 0 Å². The highest BCUT2D eigenvalue weighted by atomic mass is 16.3. The Kier molecular flexibility index (Phi) is 5.28. The first-order valence-corrected chi connectivity index (χ1v) is 13.5. The number of hydrogen-bond acceptors (Lipinski definition) is 1. The second-order valence-electron chi connectivity index (χ2n) is 13.4. The van der Waals surface area contributed by atoms with E-state index in [1.165, 1.54) is 44.9 Å². The minimum Gasteiger partial charge on any atom is -0.393 e. The van der Waals surface area contributed by atoms with Gasteiger partial charge < -0.3 is 5.11 Å². The Balaban J connectivity index is 1.34. The molecule has 0 heterocycles. The van der Waals surface area contributed by atoms with Gasteiger partial charge in [-0.05, 0) is 122 Å². The largest absolute Gasteiger partial charge is 0.393 e. The molecule has 0 saturated heterocycles. The maximum Gasteiger partial charge on any atom is 0.0577 e. The van der Waals surface area contributed by atoms with Crippen molar-refractivity contribution in [3.8, 4) is 0 Å². The zero-order valence-corrected chi connectivity index (χ0v) is 20.7. The van der Waals surface area contributed by atoms with Crippen LogP contribution in [0.2, 0.25) is 0 Å². The standard InChI is InChI=1S/C29H48O/c1-17(2)18(3)23-16-24(23)19(4)25-9-10-26-22-8-7-20-15-21(30)11-13-28(20,5)27(22)12-14-29(25,26)6/h7,17-19,21-27,30H,8-16H2,1-6H3. The molecule has 0 bridgehead atoms. The molecule has 4 fully saturated rings. The first-order valence-electron chi connectivity index (χ1n) is 13.5. The van der Waals surface area contributed by atoms with Gasteiger partial charge in [0.15, 0.2) is 0 Å². The summed E-state index contributed by atoms with van der Waals surface area (Å²) in [6.07, 6.45) is 14.4. The van der Waals surface area contributed by atoms with E-state index >= 15 is 0 Å². The molecule has 5 rings (SSSR count). The summed E-state index contributed by atoms with van der Waals surface area (Å²) in [6, 6.07) is 0. The van der Waals surface area contributed by atoms with Crippen LogP contribution in [0.4, 0.5) is 0 Å². The molecular formula is C29H48O. The fourth-order valence-corrected chi connectivity index (χ4v) is 9.78. The lowest BCUT2D eigenvalue weighted by Crippen LogP contribution is -2.51. The van der Waals surface area contributed by atoms with Crippen LogP contribution in [0.3, 0.4) is 0 Å². The summed E-state index contributed by atoms with van der Waals surface area (Å²) in [5, 5.41) is 10.3. The van der Waals surface area contributed by atoms with E-state index in [2.05, 4.69) is 47.6 Å². The van der Waals surface area contributed by atoms with Gasteiger partial charge in [0.05, 0.1) is 6.10 Å². The summed E-state index contributed by atoms with van der Waals surface area (Å²) in [5.41, 5.74) is 2.60. The van der Waals surface area contributed by atoms with Gasteiger partial charge in [0.1, 0.15) is 0 Å². The normalized spacial score (nSPS) is 52.1. The second-order valence-corrected chi connectivity index (χ2v) is 13.4. The molecule has 30 heavy (non-hydrogen) atoms. The Hall–Kier alpha value is -0.300. The minimum atomic E-state index is -0.0776. The maximum absolute atomic E-state index is 10.3. The molecule has 0 amide bonds. The van der Waals surface area contributed by atoms with E-state index in [0.717, 1.165) is 66.1 Å². The van der Waals surface area contributed by atoms with Crippen LogP contribution in [0, 0.1) is 64.1 Å². The van der Waals surface area contributed by atoms with E-state index in [1.54, 1.807) is 5.57 Å². The van der Waals surface area contributed by atoms with E-state index in [-0.39, 0.29) is 6.10 Å². The number of aliphatic hydroxyl groups excluding tert-OH is 1. The molecule has 0 aromatic rings. The average Bonchev–Trinajstić information content (AvgIpc) is 3.42. The van der Waals surface area contributed by atoms with E-state index in [1.807, 2.05) is 0 Å². The van der Waals surface area contributed by atoms with Gasteiger partial charge in [-0.2, -0.15) is 0 Å². The van der Waals surface area contributed by atoms with Gasteiger partial charge in [-0.25, -0.2) is 0 Å². The van der Waals surface area contributed by atoms with Crippen molar-refractivity contribution < 1.29 is 5.11 Å². The maximum atomic E-state index is 10.3. The van der Waals surface area contributed by atoms with Crippen molar-refractivity contribution in [2.75, 3.05) is 0 Å². The predicted octanol–water partition coefficient (Wildman–Crippen LogP) is 7.49. The molecule has 0 spiro atoms. The molecule has 5 aliphatic carbocycles. The van der Waals surface area contributed by atoms with Crippen LogP contribution in [0.5, 0.6) is 0 Å². The molecule has 0 aromatic carbocycles. The van der Waals surface area contributed by atoms with Crippen molar-refractivity contribution in [2.24, 2.45) is 64.1 Å². The Morgan fingerprint density at radius 2 is 1.70 bits per heavy atom. The highest BCUT2D eigenvalue weighted by Crippen LogP contribution is 2.69. The molecule has 0 radical (unpaired) electrons. The third kappa shape index (κ3) is 3.11. The van der Waals surface area contributed by atoms with Crippen LogP contribution in [0.25, 0.3) is 0 Å². The van der Waals surface area contributed by atoms with E-state index in [9.17, 15) is 5.11 Å². The Labute approximate surface area is 186 Å². The summed E-state index contributed by atoms with van der Waals surface area (Å²) < 4.78 is 0. The lowest BCUT2D eigenvalue weighted by molar-refractivity contribution is -0.0586. The smallest absolute Gasteiger partial charge is 0.0577 e. The summed E-state index contributed by atoms with van der Waals surface area (Å²) in [6.45, 7) is 15.3. The summed E-state index contributed by atoms with van der Waals surface area (Å²) >= 11 is 0. The third-order valence-electron chi connectivity index (χ3n) is 12.1. The third-order valence-corrected chi connectivity index (χ3v) is 12.1. The van der Waals surface area contributed by atoms with Crippen LogP contribution in [0.15, 0.2) is 11.6 Å². The summed E-state index contributed by atoms with van der Waals surface area (Å²) in [7, 11) is 0. The molecule has 0 aliphatic heterocycles. The molecule has 4 saturated carbocycles. The molecule has 170 valence electrons. The highest BCUT2D eigenvalue weighted by molar-refractivity contribution is 5.25. The van der Waals surface area contributed by atoms with Crippen LogP contribution >= 0.6 is 0 Å². The van der Waals surface area contributed by atoms with Gasteiger partial charge in [-0.3, -0.25) is 0 Å². The van der Waals surface area contributed by atoms with Gasteiger partial charge in [-0.1, -0.05) is 53.2 Å². The number of fused-ring (bicyclic) bond motifs is 5. The monoisotopic (exact) mass is 412 g/mol. The quantitative estimate of drug-likeness (QED) is 0.474. The zero-order valence-electron chi connectivity index (χ0n) is 20.7. The first-order chi connectivity index (χ1) is 14.2. The molecule has 0 aromatic heterocycles. The van der Waals surface area contributed by atoms with Crippen molar-refractivity contribution in [3.05, 3.63) is 11.6 Å². The topological polar surface area (TPSA) is 20.2 Å². The van der Waals surface area contributed by atoms with E-state index in [0.29, 0.717) is 10.8 Å². The fraction of sp³-hybridized carbons (Fsp3) is 0.931. The Morgan fingerprint density at radius 3 is 2.43 bits per heavy atom. The average molecular weight is 413 g/mol. The summed E-state index contributed by atoms with van der Waals surface area (Å²) in [5.74, 6) is 8.39. The fourth-order valence-electron chi connectivity index (χ4n) is 9.78. The zero-order chi connectivity index (χ0) is 21.4. The van der Waals surface area contributed by atoms with Crippen LogP contribution in [-0.2, 0) is 0 Å². The van der Waals surface area contributed by atoms with Crippen molar-refractivity contribution in [2.45, 2.75) is 105 Å². The van der Waals surface area contributed by atoms with E-state index in [4.69, 9.17) is 0 Å². The van der Waals surface area contributed by atoms with E-state index < -0.39 is 0 Å². The lowest BCUT2D eigenvalue weighted by atomic mass is 9.47. The molecule has 1 heteroatoms. The van der Waals surface area contributed by atoms with Gasteiger partial charge in [0.25, 0.3) is 0 Å². The van der Waals surface area contributed by atoms with Gasteiger partial charge in [-0.15, -0.1) is 0 Å². The Bertz CT molecular complexity index is 692. The van der Waals surface area contributed by atoms with Crippen molar-refractivity contribution in [3.63, 3.8) is 0 Å². The number of hydrogen-bond donors (Lipinski definition) is 1. The molecule has 5 aliphatic rings. The van der Waals surface area contributed by atoms with Crippen molar-refractivity contribution >= 4 is 0 Å². The van der Waals surface area contributed by atoms with Crippen LogP contribution in [-0.4, -0.2) is 11.2 Å². The summed E-state index contributed by atoms with van der Waals surface area (Å²) in [4.78, 5) is 0. The molecule has 1 nitrogen and oxygen atoms in total. The number of aliphatic hydroxyl groups is 1. The first kappa shape index (κ1) is 21.5. The van der Waals surface area contributed by atoms with Gasteiger partial charge >= 0.3 is 0 Å². The SMILES string of the molecule is CC(C)C(C)C1CC1C(C)C1CCC2C3CC=C4CC(O)CCC4(C)C3CCC12C. The molecular weight excluding hydrogens is 364 g/mol. The van der Waals surface area contributed by atoms with Crippen LogP contribution in [0.1, 0.15) is 99.3 Å². The van der Waals surface area contributed by atoms with Gasteiger partial charge in [0, 0.05) is 0 Å². The molecule has 1 N–H and O–H groups in total. The highest BCUT2D eigenvalue weighted by Gasteiger charge is 2.61. The molecule has 11 atom stereocenters. The van der Waals surface area contributed by atoms with Gasteiger partial charge in [0.2, 0.25) is 0 Å². The van der Waals surface area contributed by atoms with Crippen molar-refractivity contribution in [1.82, 2.24) is 0 Å².